The van der Waals surface area contributed by atoms with Crippen molar-refractivity contribution in [3.05, 3.63) is 0 Å². The Morgan fingerprint density at radius 1 is 1.24 bits per heavy atom. The Bertz CT molecular complexity index is 458. The molecule has 0 spiro atoms. The molecule has 7 heteroatoms. The van der Waals surface area contributed by atoms with Gasteiger partial charge in [0.1, 0.15) is 0 Å². The third-order valence-electron chi connectivity index (χ3n) is 4.81. The molecule has 1 heterocycles. The fraction of sp³-hybridized carbons (Fsp3) is 0.929. The predicted molar refractivity (Wildman–Crippen MR) is 80.0 cm³/mol. The van der Waals surface area contributed by atoms with Crippen LogP contribution in [0, 0.1) is 11.8 Å². The first kappa shape index (κ1) is 16.7. The summed E-state index contributed by atoms with van der Waals surface area (Å²) in [6.45, 7) is 2.69. The van der Waals surface area contributed by atoms with E-state index in [-0.39, 0.29) is 12.6 Å². The van der Waals surface area contributed by atoms with Crippen molar-refractivity contribution in [3.8, 4) is 0 Å². The number of hydrogen-bond acceptors (Lipinski definition) is 3. The highest BCUT2D eigenvalue weighted by molar-refractivity contribution is 7.87. The number of rotatable bonds is 5. The van der Waals surface area contributed by atoms with Crippen LogP contribution in [0.2, 0.25) is 0 Å². The number of nitrogens with zero attached hydrogens (tertiary/aromatic N) is 1. The normalized spacial score (nSPS) is 32.0. The van der Waals surface area contributed by atoms with Crippen LogP contribution in [-0.4, -0.2) is 42.9 Å². The predicted octanol–water partition coefficient (Wildman–Crippen LogP) is 1.59. The summed E-state index contributed by atoms with van der Waals surface area (Å²) in [6.07, 6.45) is 6.24. The Hall–Kier alpha value is -0.660. The molecule has 1 aliphatic heterocycles. The van der Waals surface area contributed by atoms with E-state index in [1.54, 1.807) is 0 Å². The average molecular weight is 318 g/mol. The van der Waals surface area contributed by atoms with Gasteiger partial charge in [0, 0.05) is 19.1 Å². The lowest BCUT2D eigenvalue weighted by Crippen LogP contribution is -2.50. The van der Waals surface area contributed by atoms with Gasteiger partial charge in [-0.15, -0.1) is 0 Å². The van der Waals surface area contributed by atoms with Crippen LogP contribution in [0.5, 0.6) is 0 Å². The minimum atomic E-state index is -3.55. The van der Waals surface area contributed by atoms with E-state index in [9.17, 15) is 13.2 Å². The van der Waals surface area contributed by atoms with Crippen molar-refractivity contribution in [3.63, 3.8) is 0 Å². The molecule has 21 heavy (non-hydrogen) atoms. The third-order valence-corrected chi connectivity index (χ3v) is 6.46. The summed E-state index contributed by atoms with van der Waals surface area (Å²) in [6, 6.07) is 0.00278. The van der Waals surface area contributed by atoms with Gasteiger partial charge in [-0.05, 0) is 44.4 Å². The maximum atomic E-state index is 12.4. The van der Waals surface area contributed by atoms with Crippen LogP contribution in [0.15, 0.2) is 0 Å². The zero-order valence-corrected chi connectivity index (χ0v) is 13.4. The molecular formula is C14H26N2O4S. The van der Waals surface area contributed by atoms with E-state index < -0.39 is 22.1 Å². The molecule has 122 valence electrons. The van der Waals surface area contributed by atoms with Gasteiger partial charge >= 0.3 is 5.97 Å². The smallest absolute Gasteiger partial charge is 0.307 e. The summed E-state index contributed by atoms with van der Waals surface area (Å²) in [5.74, 6) is -0.762. The minimum absolute atomic E-state index is 0.00278. The van der Waals surface area contributed by atoms with Gasteiger partial charge in [0.25, 0.3) is 10.2 Å². The number of hydrogen-bond donors (Lipinski definition) is 2. The first-order valence-corrected chi connectivity index (χ1v) is 9.36. The zero-order valence-electron chi connectivity index (χ0n) is 12.6. The molecule has 0 aromatic rings. The summed E-state index contributed by atoms with van der Waals surface area (Å²) in [7, 11) is -3.55. The summed E-state index contributed by atoms with van der Waals surface area (Å²) in [4.78, 5) is 11.0. The van der Waals surface area contributed by atoms with E-state index in [2.05, 4.69) is 11.6 Å². The molecule has 1 aliphatic carbocycles. The van der Waals surface area contributed by atoms with Crippen LogP contribution < -0.4 is 4.72 Å². The van der Waals surface area contributed by atoms with Crippen LogP contribution in [0.3, 0.4) is 0 Å². The fourth-order valence-corrected chi connectivity index (χ4v) is 4.89. The standard InChI is InChI=1S/C14H26N2O4S/c1-2-11-5-7-13(8-6-11)15-21(19,20)16-9-3-4-12(10-16)14(17)18/h11-13,15H,2-10H2,1H3,(H,17,18). The zero-order chi connectivity index (χ0) is 15.5. The third kappa shape index (κ3) is 4.40. The van der Waals surface area contributed by atoms with Crippen LogP contribution in [-0.2, 0) is 15.0 Å². The number of nitrogens with one attached hydrogen (secondary N) is 1. The lowest BCUT2D eigenvalue weighted by atomic mass is 9.85. The first-order valence-electron chi connectivity index (χ1n) is 7.92. The summed E-state index contributed by atoms with van der Waals surface area (Å²) < 4.78 is 28.9. The van der Waals surface area contributed by atoms with Gasteiger partial charge in [-0.25, -0.2) is 0 Å². The van der Waals surface area contributed by atoms with Gasteiger partial charge in [-0.3, -0.25) is 4.79 Å². The summed E-state index contributed by atoms with van der Waals surface area (Å²) >= 11 is 0. The quantitative estimate of drug-likeness (QED) is 0.806. The lowest BCUT2D eigenvalue weighted by molar-refractivity contribution is -0.142. The lowest BCUT2D eigenvalue weighted by Gasteiger charge is -2.33. The van der Waals surface area contributed by atoms with Gasteiger partial charge in [0.05, 0.1) is 5.92 Å². The molecule has 6 nitrogen and oxygen atoms in total. The van der Waals surface area contributed by atoms with E-state index in [0.29, 0.717) is 19.4 Å². The van der Waals surface area contributed by atoms with Crippen LogP contribution in [0.1, 0.15) is 51.9 Å². The van der Waals surface area contributed by atoms with Crippen molar-refractivity contribution in [1.29, 1.82) is 0 Å². The summed E-state index contributed by atoms with van der Waals surface area (Å²) in [5.41, 5.74) is 0. The first-order chi connectivity index (χ1) is 9.92. The van der Waals surface area contributed by atoms with E-state index in [1.807, 2.05) is 0 Å². The minimum Gasteiger partial charge on any atom is -0.481 e. The molecule has 2 fully saturated rings. The molecule has 0 radical (unpaired) electrons. The Kier molecular flexibility index (Phi) is 5.62. The Morgan fingerprint density at radius 2 is 1.90 bits per heavy atom. The van der Waals surface area contributed by atoms with Crippen molar-refractivity contribution in [2.75, 3.05) is 13.1 Å². The molecule has 2 aliphatic rings. The second-order valence-corrected chi connectivity index (χ2v) is 7.99. The fourth-order valence-electron chi connectivity index (χ4n) is 3.34. The summed E-state index contributed by atoms with van der Waals surface area (Å²) in [5, 5.41) is 9.06. The van der Waals surface area contributed by atoms with Crippen molar-refractivity contribution in [1.82, 2.24) is 9.03 Å². The topological polar surface area (TPSA) is 86.7 Å². The van der Waals surface area contributed by atoms with E-state index in [1.165, 1.54) is 4.31 Å². The highest BCUT2D eigenvalue weighted by atomic mass is 32.2. The second kappa shape index (κ2) is 7.07. The number of carboxylic acids is 1. The molecule has 1 saturated heterocycles. The molecule has 0 bridgehead atoms. The molecular weight excluding hydrogens is 292 g/mol. The number of piperidine rings is 1. The van der Waals surface area contributed by atoms with E-state index >= 15 is 0 Å². The van der Waals surface area contributed by atoms with Crippen molar-refractivity contribution in [2.45, 2.75) is 57.9 Å². The number of carboxylic acid groups (broad SMARTS) is 1. The number of aliphatic carboxylic acids is 1. The van der Waals surface area contributed by atoms with Gasteiger partial charge in [-0.1, -0.05) is 13.3 Å². The van der Waals surface area contributed by atoms with Gasteiger partial charge in [0.15, 0.2) is 0 Å². The van der Waals surface area contributed by atoms with E-state index in [0.717, 1.165) is 38.0 Å². The van der Waals surface area contributed by atoms with Gasteiger partial charge in [0.2, 0.25) is 0 Å². The largest absolute Gasteiger partial charge is 0.481 e. The SMILES string of the molecule is CCC1CCC(NS(=O)(=O)N2CCCC(C(=O)O)C2)CC1. The molecule has 1 saturated carbocycles. The average Bonchev–Trinajstić information content (AvgIpc) is 2.48. The molecule has 1 unspecified atom stereocenters. The Labute approximate surface area is 127 Å². The van der Waals surface area contributed by atoms with Crippen molar-refractivity contribution in [2.24, 2.45) is 11.8 Å². The van der Waals surface area contributed by atoms with Crippen LogP contribution in [0.4, 0.5) is 0 Å². The molecule has 1 atom stereocenters. The van der Waals surface area contributed by atoms with Gasteiger partial charge < -0.3 is 5.11 Å². The molecule has 2 rings (SSSR count). The van der Waals surface area contributed by atoms with Crippen LogP contribution >= 0.6 is 0 Å². The second-order valence-electron chi connectivity index (χ2n) is 6.28. The molecule has 0 aromatic heterocycles. The van der Waals surface area contributed by atoms with Crippen molar-refractivity contribution >= 4 is 16.2 Å². The Balaban J connectivity index is 1.91. The number of carbonyl (C=O) groups is 1. The maximum Gasteiger partial charge on any atom is 0.307 e. The highest BCUT2D eigenvalue weighted by Crippen LogP contribution is 2.27. The van der Waals surface area contributed by atoms with E-state index in [4.69, 9.17) is 5.11 Å². The van der Waals surface area contributed by atoms with Crippen molar-refractivity contribution < 1.29 is 18.3 Å². The van der Waals surface area contributed by atoms with Crippen LogP contribution in [0.25, 0.3) is 0 Å². The molecule has 0 aromatic carbocycles. The Morgan fingerprint density at radius 3 is 2.48 bits per heavy atom. The molecule has 2 N–H and O–H groups in total. The monoisotopic (exact) mass is 318 g/mol. The highest BCUT2D eigenvalue weighted by Gasteiger charge is 2.34. The molecule has 0 amide bonds. The van der Waals surface area contributed by atoms with Gasteiger partial charge in [-0.2, -0.15) is 17.4 Å². The maximum absolute atomic E-state index is 12.4.